The second kappa shape index (κ2) is 5.78. The summed E-state index contributed by atoms with van der Waals surface area (Å²) in [6.45, 7) is 3.44. The first-order valence-electron chi connectivity index (χ1n) is 6.92. The zero-order valence-electron chi connectivity index (χ0n) is 11.9. The van der Waals surface area contributed by atoms with Crippen LogP contribution in [0.2, 0.25) is 0 Å². The minimum absolute atomic E-state index is 0.0674. The summed E-state index contributed by atoms with van der Waals surface area (Å²) >= 11 is 0. The highest BCUT2D eigenvalue weighted by atomic mass is 16.1. The number of hydrogen-bond acceptors (Lipinski definition) is 3. The van der Waals surface area contributed by atoms with Gasteiger partial charge in [0, 0.05) is 37.9 Å². The van der Waals surface area contributed by atoms with Crippen LogP contribution >= 0.6 is 0 Å². The Balaban J connectivity index is 1.51. The monoisotopic (exact) mass is 283 g/mol. The van der Waals surface area contributed by atoms with Crippen molar-refractivity contribution in [3.8, 4) is 0 Å². The van der Waals surface area contributed by atoms with Crippen LogP contribution in [0.25, 0.3) is 5.65 Å². The van der Waals surface area contributed by atoms with Gasteiger partial charge in [-0.2, -0.15) is 5.10 Å². The Bertz CT molecular complexity index is 758. The Labute approximate surface area is 122 Å². The number of aryl methyl sites for hydroxylation is 2. The largest absolute Gasteiger partial charge is 0.352 e. The fraction of sp³-hybridized carbons (Fsp3) is 0.267. The van der Waals surface area contributed by atoms with E-state index in [0.29, 0.717) is 12.1 Å². The van der Waals surface area contributed by atoms with Gasteiger partial charge in [-0.3, -0.25) is 9.48 Å². The number of rotatable bonds is 5. The van der Waals surface area contributed by atoms with Crippen molar-refractivity contribution in [2.24, 2.45) is 0 Å². The smallest absolute Gasteiger partial charge is 0.252 e. The number of carbonyl (C=O) groups is 1. The van der Waals surface area contributed by atoms with E-state index < -0.39 is 0 Å². The quantitative estimate of drug-likeness (QED) is 0.724. The minimum atomic E-state index is -0.0674. The van der Waals surface area contributed by atoms with Crippen molar-refractivity contribution in [1.29, 1.82) is 0 Å². The zero-order valence-corrected chi connectivity index (χ0v) is 11.9. The molecule has 3 heterocycles. The molecule has 6 heteroatoms. The van der Waals surface area contributed by atoms with E-state index in [9.17, 15) is 4.79 Å². The van der Waals surface area contributed by atoms with Crippen molar-refractivity contribution in [2.45, 2.75) is 19.9 Å². The molecule has 0 unspecified atom stereocenters. The van der Waals surface area contributed by atoms with Crippen LogP contribution < -0.4 is 5.32 Å². The lowest BCUT2D eigenvalue weighted by Crippen LogP contribution is -2.25. The van der Waals surface area contributed by atoms with E-state index in [0.717, 1.165) is 24.2 Å². The maximum Gasteiger partial charge on any atom is 0.252 e. The number of nitrogens with zero attached hydrogens (tertiary/aromatic N) is 4. The molecule has 21 heavy (non-hydrogen) atoms. The molecule has 0 bridgehead atoms. The maximum absolute atomic E-state index is 12.1. The number of fused-ring (bicyclic) bond motifs is 1. The number of aromatic nitrogens is 4. The number of imidazole rings is 1. The van der Waals surface area contributed by atoms with Crippen LogP contribution in [-0.4, -0.2) is 31.6 Å². The highest BCUT2D eigenvalue weighted by Crippen LogP contribution is 2.04. The summed E-state index contributed by atoms with van der Waals surface area (Å²) in [5.74, 6) is -0.0674. The minimum Gasteiger partial charge on any atom is -0.352 e. The normalized spacial score (nSPS) is 10.9. The van der Waals surface area contributed by atoms with Gasteiger partial charge in [0.25, 0.3) is 5.91 Å². The molecule has 0 aromatic carbocycles. The highest BCUT2D eigenvalue weighted by Gasteiger charge is 2.06. The number of hydrogen-bond donors (Lipinski definition) is 1. The Morgan fingerprint density at radius 2 is 2.24 bits per heavy atom. The molecule has 1 amide bonds. The highest BCUT2D eigenvalue weighted by molar-refractivity contribution is 5.94. The predicted octanol–water partition coefficient (Wildman–Crippen LogP) is 1.66. The molecule has 1 N–H and O–H groups in total. The van der Waals surface area contributed by atoms with E-state index in [-0.39, 0.29) is 5.91 Å². The number of pyridine rings is 1. The van der Waals surface area contributed by atoms with Crippen LogP contribution in [0.4, 0.5) is 0 Å². The van der Waals surface area contributed by atoms with Crippen molar-refractivity contribution >= 4 is 11.6 Å². The lowest BCUT2D eigenvalue weighted by Gasteiger charge is -2.06. The van der Waals surface area contributed by atoms with Crippen LogP contribution in [0.5, 0.6) is 0 Å². The third-order valence-corrected chi connectivity index (χ3v) is 3.26. The predicted molar refractivity (Wildman–Crippen MR) is 79.1 cm³/mol. The second-order valence-electron chi connectivity index (χ2n) is 5.00. The van der Waals surface area contributed by atoms with E-state index >= 15 is 0 Å². The van der Waals surface area contributed by atoms with Crippen molar-refractivity contribution < 1.29 is 4.79 Å². The third kappa shape index (κ3) is 3.10. The molecule has 0 aliphatic heterocycles. The molecular weight excluding hydrogens is 266 g/mol. The first-order valence-corrected chi connectivity index (χ1v) is 6.92. The van der Waals surface area contributed by atoms with Crippen molar-refractivity contribution in [1.82, 2.24) is 24.5 Å². The van der Waals surface area contributed by atoms with E-state index in [1.807, 2.05) is 40.7 Å². The van der Waals surface area contributed by atoms with Crippen LogP contribution in [0, 0.1) is 6.92 Å². The van der Waals surface area contributed by atoms with Crippen molar-refractivity contribution in [3.63, 3.8) is 0 Å². The third-order valence-electron chi connectivity index (χ3n) is 3.26. The maximum atomic E-state index is 12.1. The van der Waals surface area contributed by atoms with Gasteiger partial charge in [0.2, 0.25) is 0 Å². The average Bonchev–Trinajstić information content (AvgIpc) is 3.11. The van der Waals surface area contributed by atoms with Crippen molar-refractivity contribution in [3.05, 3.63) is 54.2 Å². The molecule has 108 valence electrons. The van der Waals surface area contributed by atoms with Gasteiger partial charge in [0.15, 0.2) is 0 Å². The fourth-order valence-corrected chi connectivity index (χ4v) is 2.19. The van der Waals surface area contributed by atoms with Gasteiger partial charge in [-0.25, -0.2) is 4.98 Å². The summed E-state index contributed by atoms with van der Waals surface area (Å²) in [5, 5.41) is 7.13. The van der Waals surface area contributed by atoms with E-state index in [2.05, 4.69) is 15.4 Å². The molecule has 3 aromatic rings. The molecule has 0 aliphatic carbocycles. The standard InChI is InChI=1S/C15H17N5O/c1-12-9-18-20(10-12)7-2-5-17-15(21)13-3-4-14-16-6-8-19(14)11-13/h3-4,6,8-11H,2,5,7H2,1H3,(H,17,21). The second-order valence-corrected chi connectivity index (χ2v) is 5.00. The molecule has 0 saturated heterocycles. The van der Waals surface area contributed by atoms with Gasteiger partial charge in [-0.15, -0.1) is 0 Å². The number of nitrogens with one attached hydrogen (secondary N) is 1. The molecule has 0 radical (unpaired) electrons. The van der Waals surface area contributed by atoms with E-state index in [1.165, 1.54) is 0 Å². The van der Waals surface area contributed by atoms with Gasteiger partial charge >= 0.3 is 0 Å². The zero-order chi connectivity index (χ0) is 14.7. The molecule has 0 saturated carbocycles. The summed E-state index contributed by atoms with van der Waals surface area (Å²) in [7, 11) is 0. The molecule has 3 rings (SSSR count). The molecule has 0 spiro atoms. The Morgan fingerprint density at radius 3 is 3.05 bits per heavy atom. The Morgan fingerprint density at radius 1 is 1.33 bits per heavy atom. The van der Waals surface area contributed by atoms with Crippen LogP contribution in [0.1, 0.15) is 22.3 Å². The van der Waals surface area contributed by atoms with Crippen LogP contribution in [0.15, 0.2) is 43.1 Å². The van der Waals surface area contributed by atoms with Gasteiger partial charge in [-0.05, 0) is 31.0 Å². The number of amides is 1. The Kier molecular flexibility index (Phi) is 3.68. The summed E-state index contributed by atoms with van der Waals surface area (Å²) in [6.07, 6.45) is 10.00. The van der Waals surface area contributed by atoms with Crippen molar-refractivity contribution in [2.75, 3.05) is 6.54 Å². The van der Waals surface area contributed by atoms with Crippen LogP contribution in [-0.2, 0) is 6.54 Å². The molecule has 3 aromatic heterocycles. The van der Waals surface area contributed by atoms with Gasteiger partial charge in [0.05, 0.1) is 11.8 Å². The first-order chi connectivity index (χ1) is 10.2. The molecule has 0 atom stereocenters. The Hall–Kier alpha value is -2.63. The van der Waals surface area contributed by atoms with Gasteiger partial charge in [-0.1, -0.05) is 0 Å². The van der Waals surface area contributed by atoms with E-state index in [4.69, 9.17) is 0 Å². The summed E-state index contributed by atoms with van der Waals surface area (Å²) in [4.78, 5) is 16.2. The summed E-state index contributed by atoms with van der Waals surface area (Å²) in [6, 6.07) is 3.62. The SMILES string of the molecule is Cc1cnn(CCCNC(=O)c2ccc3nccn3c2)c1. The average molecular weight is 283 g/mol. The topological polar surface area (TPSA) is 64.2 Å². The number of carbonyl (C=O) groups excluding carboxylic acids is 1. The lowest BCUT2D eigenvalue weighted by molar-refractivity contribution is 0.0952. The molecule has 6 nitrogen and oxygen atoms in total. The van der Waals surface area contributed by atoms with Gasteiger partial charge < -0.3 is 9.72 Å². The fourth-order valence-electron chi connectivity index (χ4n) is 2.19. The lowest BCUT2D eigenvalue weighted by atomic mass is 10.2. The molecule has 0 fully saturated rings. The van der Waals surface area contributed by atoms with Crippen LogP contribution in [0.3, 0.4) is 0 Å². The molecular formula is C15H17N5O. The molecule has 0 aliphatic rings. The van der Waals surface area contributed by atoms with E-state index in [1.54, 1.807) is 18.5 Å². The summed E-state index contributed by atoms with van der Waals surface area (Å²) in [5.41, 5.74) is 2.61. The first kappa shape index (κ1) is 13.4. The summed E-state index contributed by atoms with van der Waals surface area (Å²) < 4.78 is 3.72. The van der Waals surface area contributed by atoms with Gasteiger partial charge in [0.1, 0.15) is 5.65 Å².